The van der Waals surface area contributed by atoms with Crippen LogP contribution in [0.2, 0.25) is 0 Å². The van der Waals surface area contributed by atoms with E-state index in [1.807, 2.05) is 0 Å². The fourth-order valence-electron chi connectivity index (χ4n) is 2.99. The van der Waals surface area contributed by atoms with Gasteiger partial charge in [0, 0.05) is 25.4 Å². The van der Waals surface area contributed by atoms with Crippen LogP contribution in [0, 0.1) is 5.41 Å². The molecule has 2 aromatic heterocycles. The molecule has 1 saturated heterocycles. The van der Waals surface area contributed by atoms with E-state index >= 15 is 0 Å². The van der Waals surface area contributed by atoms with Crippen LogP contribution in [0.4, 0.5) is 27.8 Å². The van der Waals surface area contributed by atoms with Gasteiger partial charge in [-0.2, -0.15) is 13.2 Å². The van der Waals surface area contributed by atoms with Gasteiger partial charge in [-0.3, -0.25) is 5.41 Å². The van der Waals surface area contributed by atoms with Crippen molar-refractivity contribution in [3.63, 3.8) is 0 Å². The minimum atomic E-state index is -4.60. The maximum Gasteiger partial charge on any atom is 0.416 e. The summed E-state index contributed by atoms with van der Waals surface area (Å²) in [7, 11) is -1.42. The minimum Gasteiger partial charge on any atom is -0.360 e. The summed E-state index contributed by atoms with van der Waals surface area (Å²) in [4.78, 5) is 16.4. The summed E-state index contributed by atoms with van der Waals surface area (Å²) >= 11 is 0. The van der Waals surface area contributed by atoms with E-state index in [1.165, 1.54) is 35.8 Å². The molecular weight excluding hydrogens is 473 g/mol. The highest BCUT2D eigenvalue weighted by Gasteiger charge is 2.46. The number of alkyl halides is 5. The van der Waals surface area contributed by atoms with Crippen molar-refractivity contribution in [1.82, 2.24) is 24.7 Å². The molecule has 180 valence electrons. The van der Waals surface area contributed by atoms with Gasteiger partial charge in [0.25, 0.3) is 6.43 Å². The lowest BCUT2D eigenvalue weighted by atomic mass is 10.2. The first-order valence-corrected chi connectivity index (χ1v) is 11.0. The number of nitrogens with zero attached hydrogens (tertiary/aromatic N) is 4. The number of aromatic nitrogens is 4. The highest BCUT2D eigenvalue weighted by Crippen LogP contribution is 2.30. The summed E-state index contributed by atoms with van der Waals surface area (Å²) in [6.45, 7) is -0.466. The Morgan fingerprint density at radius 1 is 1.39 bits per heavy atom. The second kappa shape index (κ2) is 10.4. The molecule has 1 unspecified atom stereocenters. The Morgan fingerprint density at radius 2 is 2.15 bits per heavy atom. The van der Waals surface area contributed by atoms with E-state index in [0.29, 0.717) is 11.4 Å². The van der Waals surface area contributed by atoms with Crippen molar-refractivity contribution in [3.8, 4) is 11.4 Å². The number of rotatable bonds is 8. The van der Waals surface area contributed by atoms with Gasteiger partial charge in [0.2, 0.25) is 0 Å². The zero-order valence-corrected chi connectivity index (χ0v) is 18.0. The van der Waals surface area contributed by atoms with E-state index in [4.69, 9.17) is 10.1 Å². The fraction of sp³-hybridized carbons (Fsp3) is 0.444. The third kappa shape index (κ3) is 6.85. The summed E-state index contributed by atoms with van der Waals surface area (Å²) in [6, 6.07) is 1.46. The molecule has 1 fully saturated rings. The van der Waals surface area contributed by atoms with Gasteiger partial charge >= 0.3 is 6.18 Å². The molecule has 0 bridgehead atoms. The van der Waals surface area contributed by atoms with Gasteiger partial charge in [-0.15, -0.1) is 0 Å². The largest absolute Gasteiger partial charge is 0.416 e. The lowest BCUT2D eigenvalue weighted by Crippen LogP contribution is -2.55. The number of hydrogen-bond acceptors (Lipinski definition) is 7. The van der Waals surface area contributed by atoms with Crippen LogP contribution in [0.1, 0.15) is 5.82 Å². The molecule has 0 aliphatic carbocycles. The molecule has 0 radical (unpaired) electrons. The molecular formula is C18H20F5N7O2S. The van der Waals surface area contributed by atoms with Crippen molar-refractivity contribution in [2.75, 3.05) is 30.8 Å². The van der Waals surface area contributed by atoms with Crippen molar-refractivity contribution < 1.29 is 30.9 Å². The standard InChI is InChI=1S/C18H20F5N7O2S/c1-33(31)28-5-10-7-30(8-14(32-10)18(21,22)23)16-4-12(26-9-27-16)13-6-25-15(29-13)3-2-11(24)17(19)20/h2-4,6,9-10,14,17,24,28H,5,7-8H2,1H3,(H,25,29)/b3-2-,24-11?/t10-,14+,33?/m0/s1. The average molecular weight is 493 g/mol. The number of H-pyrrole nitrogens is 1. The van der Waals surface area contributed by atoms with E-state index in [9.17, 15) is 26.2 Å². The first-order valence-electron chi connectivity index (χ1n) is 9.49. The third-order valence-corrected chi connectivity index (χ3v) is 5.12. The van der Waals surface area contributed by atoms with Crippen LogP contribution in [-0.2, 0) is 15.7 Å². The lowest BCUT2D eigenvalue weighted by Gasteiger charge is -2.39. The van der Waals surface area contributed by atoms with Gasteiger partial charge in [0.1, 0.15) is 18.0 Å². The number of halogens is 5. The number of imidazole rings is 1. The highest BCUT2D eigenvalue weighted by molar-refractivity contribution is 7.82. The number of aromatic amines is 1. The molecule has 9 nitrogen and oxygen atoms in total. The van der Waals surface area contributed by atoms with Crippen molar-refractivity contribution in [2.24, 2.45) is 0 Å². The lowest BCUT2D eigenvalue weighted by molar-refractivity contribution is -0.234. The van der Waals surface area contributed by atoms with Gasteiger partial charge in [-0.25, -0.2) is 32.7 Å². The molecule has 3 rings (SSSR count). The molecule has 0 spiro atoms. The topological polar surface area (TPSA) is 120 Å². The monoisotopic (exact) mass is 493 g/mol. The smallest absolute Gasteiger partial charge is 0.360 e. The number of nitrogens with one attached hydrogen (secondary N) is 3. The summed E-state index contributed by atoms with van der Waals surface area (Å²) in [5, 5.41) is 7.12. The van der Waals surface area contributed by atoms with Crippen LogP contribution >= 0.6 is 0 Å². The molecule has 3 atom stereocenters. The molecule has 15 heteroatoms. The van der Waals surface area contributed by atoms with Crippen LogP contribution in [0.15, 0.2) is 24.7 Å². The van der Waals surface area contributed by atoms with Crippen LogP contribution in [0.5, 0.6) is 0 Å². The SMILES string of the molecule is CS(=O)NC[C@H]1CN(c2cc(-c3cnc(/C=C\C(=N)C(F)F)[nH]3)ncn2)C[C@H](C(F)(F)F)O1. The van der Waals surface area contributed by atoms with Crippen molar-refractivity contribution >= 4 is 28.6 Å². The number of allylic oxidation sites excluding steroid dienone is 1. The summed E-state index contributed by atoms with van der Waals surface area (Å²) in [6.07, 6.45) is -4.44. The predicted molar refractivity (Wildman–Crippen MR) is 111 cm³/mol. The van der Waals surface area contributed by atoms with Gasteiger partial charge in [0.15, 0.2) is 6.10 Å². The molecule has 3 heterocycles. The molecule has 2 aromatic rings. The zero-order valence-electron chi connectivity index (χ0n) is 17.1. The van der Waals surface area contributed by atoms with Crippen molar-refractivity contribution in [3.05, 3.63) is 30.5 Å². The Balaban J connectivity index is 1.80. The Bertz CT molecular complexity index is 1030. The van der Waals surface area contributed by atoms with Crippen LogP contribution in [0.3, 0.4) is 0 Å². The Morgan fingerprint density at radius 3 is 2.82 bits per heavy atom. The summed E-state index contributed by atoms with van der Waals surface area (Å²) in [5.74, 6) is 0.407. The third-order valence-electron chi connectivity index (χ3n) is 4.55. The molecule has 1 aliphatic heterocycles. The van der Waals surface area contributed by atoms with Gasteiger partial charge < -0.3 is 14.6 Å². The average Bonchev–Trinajstić information content (AvgIpc) is 3.24. The maximum atomic E-state index is 13.4. The normalized spacial score (nSPS) is 20.5. The zero-order chi connectivity index (χ0) is 24.2. The van der Waals surface area contributed by atoms with Crippen molar-refractivity contribution in [1.29, 1.82) is 5.41 Å². The van der Waals surface area contributed by atoms with Gasteiger partial charge in [-0.1, -0.05) is 0 Å². The van der Waals surface area contributed by atoms with E-state index in [-0.39, 0.29) is 24.7 Å². The Hall–Kier alpha value is -2.78. The molecule has 1 aliphatic rings. The molecule has 0 amide bonds. The highest BCUT2D eigenvalue weighted by atomic mass is 32.2. The van der Waals surface area contributed by atoms with E-state index in [2.05, 4.69) is 24.7 Å². The molecule has 0 aromatic carbocycles. The van der Waals surface area contributed by atoms with Crippen LogP contribution in [-0.4, -0.2) is 80.6 Å². The number of ether oxygens (including phenoxy) is 1. The minimum absolute atomic E-state index is 0.0476. The molecule has 33 heavy (non-hydrogen) atoms. The molecule has 0 saturated carbocycles. The first-order chi connectivity index (χ1) is 15.5. The van der Waals surface area contributed by atoms with Gasteiger partial charge in [0.05, 0.1) is 46.9 Å². The van der Waals surface area contributed by atoms with Gasteiger partial charge in [-0.05, 0) is 12.2 Å². The second-order valence-electron chi connectivity index (χ2n) is 7.03. The Kier molecular flexibility index (Phi) is 7.86. The quantitative estimate of drug-likeness (QED) is 0.383. The maximum absolute atomic E-state index is 13.4. The second-order valence-corrected chi connectivity index (χ2v) is 8.23. The Labute approximate surface area is 187 Å². The van der Waals surface area contributed by atoms with Crippen molar-refractivity contribution in [2.45, 2.75) is 24.8 Å². The number of morpholine rings is 1. The van der Waals surface area contributed by atoms with E-state index < -0.39 is 48.1 Å². The van der Waals surface area contributed by atoms with E-state index in [0.717, 1.165) is 6.08 Å². The van der Waals surface area contributed by atoms with Crippen LogP contribution < -0.4 is 9.62 Å². The number of anilines is 1. The number of hydrogen-bond donors (Lipinski definition) is 3. The molecule has 3 N–H and O–H groups in total. The fourth-order valence-corrected chi connectivity index (χ4v) is 3.41. The van der Waals surface area contributed by atoms with Crippen LogP contribution in [0.25, 0.3) is 17.5 Å². The first kappa shape index (κ1) is 24.9. The predicted octanol–water partition coefficient (Wildman–Crippen LogP) is 2.18. The van der Waals surface area contributed by atoms with E-state index in [1.54, 1.807) is 0 Å². The summed E-state index contributed by atoms with van der Waals surface area (Å²) < 4.78 is 83.9. The summed E-state index contributed by atoms with van der Waals surface area (Å²) in [5.41, 5.74) is -0.183.